The predicted molar refractivity (Wildman–Crippen MR) is 123 cm³/mol. The summed E-state index contributed by atoms with van der Waals surface area (Å²) >= 11 is 0. The van der Waals surface area contributed by atoms with Crippen molar-refractivity contribution in [2.45, 2.75) is 6.92 Å². The van der Waals surface area contributed by atoms with Gasteiger partial charge in [0.05, 0.1) is 17.7 Å². The summed E-state index contributed by atoms with van der Waals surface area (Å²) in [5.74, 6) is -0.490. The van der Waals surface area contributed by atoms with E-state index in [0.717, 1.165) is 5.39 Å². The number of hydrogen-bond acceptors (Lipinski definition) is 6. The number of carbonyl (C=O) groups excluding carboxylic acids is 2. The maximum Gasteiger partial charge on any atom is 0.291 e. The van der Waals surface area contributed by atoms with E-state index >= 15 is 0 Å². The van der Waals surface area contributed by atoms with Gasteiger partial charge in [-0.2, -0.15) is 0 Å². The van der Waals surface area contributed by atoms with Crippen molar-refractivity contribution in [2.75, 3.05) is 17.7 Å². The van der Waals surface area contributed by atoms with Crippen LogP contribution >= 0.6 is 0 Å². The molecule has 9 heteroatoms. The quantitative estimate of drug-likeness (QED) is 0.312. The van der Waals surface area contributed by atoms with Crippen molar-refractivity contribution in [1.82, 2.24) is 0 Å². The van der Waals surface area contributed by atoms with Crippen LogP contribution in [0.1, 0.15) is 26.5 Å². The smallest absolute Gasteiger partial charge is 0.291 e. The minimum atomic E-state index is -0.533. The van der Waals surface area contributed by atoms with Crippen LogP contribution in [0.25, 0.3) is 11.0 Å². The maximum atomic E-state index is 12.7. The third-order valence-corrected chi connectivity index (χ3v) is 5.10. The topological polar surface area (TPSA) is 124 Å². The molecule has 0 aliphatic heterocycles. The van der Waals surface area contributed by atoms with Gasteiger partial charge in [-0.05, 0) is 37.3 Å². The number of para-hydroxylation sites is 1. The van der Waals surface area contributed by atoms with Crippen LogP contribution in [-0.2, 0) is 0 Å². The molecule has 0 unspecified atom stereocenters. The van der Waals surface area contributed by atoms with Crippen molar-refractivity contribution in [3.8, 4) is 5.75 Å². The van der Waals surface area contributed by atoms with E-state index in [1.807, 2.05) is 18.2 Å². The van der Waals surface area contributed by atoms with E-state index in [2.05, 4.69) is 10.6 Å². The van der Waals surface area contributed by atoms with E-state index in [0.29, 0.717) is 22.7 Å². The van der Waals surface area contributed by atoms with E-state index in [1.54, 1.807) is 30.3 Å². The van der Waals surface area contributed by atoms with E-state index in [1.165, 1.54) is 32.2 Å². The molecule has 0 atom stereocenters. The Morgan fingerprint density at radius 1 is 0.970 bits per heavy atom. The summed E-state index contributed by atoms with van der Waals surface area (Å²) in [4.78, 5) is 35.9. The number of hydrogen-bond donors (Lipinski definition) is 2. The second kappa shape index (κ2) is 8.83. The minimum absolute atomic E-state index is 0.135. The number of nitrogens with one attached hydrogen (secondary N) is 2. The Morgan fingerprint density at radius 2 is 1.76 bits per heavy atom. The highest BCUT2D eigenvalue weighted by Gasteiger charge is 2.19. The molecule has 0 saturated heterocycles. The molecule has 4 rings (SSSR count). The number of carbonyl (C=O) groups is 2. The molecule has 0 aliphatic rings. The number of amides is 2. The molecule has 1 heterocycles. The van der Waals surface area contributed by atoms with Crippen molar-refractivity contribution >= 4 is 39.8 Å². The first-order valence-corrected chi connectivity index (χ1v) is 9.90. The molecule has 3 aromatic carbocycles. The number of nitro groups is 1. The Hall–Kier alpha value is -4.66. The molecule has 4 aromatic rings. The van der Waals surface area contributed by atoms with Gasteiger partial charge in [0.25, 0.3) is 17.5 Å². The first-order chi connectivity index (χ1) is 15.9. The second-order valence-corrected chi connectivity index (χ2v) is 7.18. The summed E-state index contributed by atoms with van der Waals surface area (Å²) in [6.07, 6.45) is 0. The van der Waals surface area contributed by atoms with Gasteiger partial charge in [0, 0.05) is 34.3 Å². The second-order valence-electron chi connectivity index (χ2n) is 7.18. The molecule has 2 N–H and O–H groups in total. The van der Waals surface area contributed by atoms with Crippen molar-refractivity contribution in [1.29, 1.82) is 0 Å². The number of nitro benzene ring substituents is 1. The fourth-order valence-corrected chi connectivity index (χ4v) is 3.42. The van der Waals surface area contributed by atoms with Crippen LogP contribution in [-0.4, -0.2) is 23.8 Å². The normalized spacial score (nSPS) is 10.6. The SMILES string of the molecule is COc1cc(NC(=O)c2cccc([N+](=O)[O-])c2C)ccc1NC(=O)c1cc2ccccc2o1. The number of nitrogens with zero attached hydrogens (tertiary/aromatic N) is 1. The highest BCUT2D eigenvalue weighted by molar-refractivity contribution is 6.07. The molecule has 0 saturated carbocycles. The van der Waals surface area contributed by atoms with Crippen LogP contribution in [0.3, 0.4) is 0 Å². The highest BCUT2D eigenvalue weighted by atomic mass is 16.6. The number of benzene rings is 3. The van der Waals surface area contributed by atoms with Gasteiger partial charge in [0.1, 0.15) is 11.3 Å². The summed E-state index contributed by atoms with van der Waals surface area (Å²) in [7, 11) is 1.43. The van der Waals surface area contributed by atoms with Gasteiger partial charge < -0.3 is 19.8 Å². The Kier molecular flexibility index (Phi) is 5.77. The molecule has 2 amide bonds. The molecule has 0 fully saturated rings. The molecule has 0 aliphatic carbocycles. The number of ether oxygens (including phenoxy) is 1. The highest BCUT2D eigenvalue weighted by Crippen LogP contribution is 2.30. The lowest BCUT2D eigenvalue weighted by atomic mass is 10.1. The van der Waals surface area contributed by atoms with Gasteiger partial charge in [0.2, 0.25) is 0 Å². The third-order valence-electron chi connectivity index (χ3n) is 5.10. The van der Waals surface area contributed by atoms with E-state index < -0.39 is 16.7 Å². The third kappa shape index (κ3) is 4.38. The Morgan fingerprint density at radius 3 is 2.48 bits per heavy atom. The molecule has 9 nitrogen and oxygen atoms in total. The Bertz CT molecular complexity index is 1360. The number of fused-ring (bicyclic) bond motifs is 1. The fraction of sp³-hybridized carbons (Fsp3) is 0.0833. The lowest BCUT2D eigenvalue weighted by Gasteiger charge is -2.13. The molecular weight excluding hydrogens is 426 g/mol. The van der Waals surface area contributed by atoms with E-state index in [4.69, 9.17) is 9.15 Å². The van der Waals surface area contributed by atoms with Gasteiger partial charge in [-0.25, -0.2) is 0 Å². The van der Waals surface area contributed by atoms with Gasteiger partial charge >= 0.3 is 0 Å². The van der Waals surface area contributed by atoms with Crippen molar-refractivity contribution in [3.05, 3.63) is 93.7 Å². The number of furan rings is 1. The van der Waals surface area contributed by atoms with Gasteiger partial charge in [0.15, 0.2) is 5.76 Å². The summed E-state index contributed by atoms with van der Waals surface area (Å²) in [6, 6.07) is 17.9. The van der Waals surface area contributed by atoms with E-state index in [9.17, 15) is 19.7 Å². The van der Waals surface area contributed by atoms with Gasteiger partial charge in [-0.3, -0.25) is 19.7 Å². The summed E-state index contributed by atoms with van der Waals surface area (Å²) in [6.45, 7) is 1.52. The Balaban J connectivity index is 1.53. The van der Waals surface area contributed by atoms with Crippen LogP contribution in [0.5, 0.6) is 5.75 Å². The molecule has 166 valence electrons. The Labute approximate surface area is 188 Å². The lowest BCUT2D eigenvalue weighted by Crippen LogP contribution is -2.15. The van der Waals surface area contributed by atoms with Crippen LogP contribution in [0.4, 0.5) is 17.1 Å². The fourth-order valence-electron chi connectivity index (χ4n) is 3.42. The zero-order valence-corrected chi connectivity index (χ0v) is 17.7. The molecule has 0 bridgehead atoms. The zero-order valence-electron chi connectivity index (χ0n) is 17.7. The summed E-state index contributed by atoms with van der Waals surface area (Å²) < 4.78 is 10.9. The number of methoxy groups -OCH3 is 1. The van der Waals surface area contributed by atoms with Crippen molar-refractivity contribution in [3.63, 3.8) is 0 Å². The maximum absolute atomic E-state index is 12.7. The standard InChI is InChI=1S/C24H19N3O6/c1-14-17(7-5-8-19(14)27(30)31)23(28)25-16-10-11-18(21(13-16)32-2)26-24(29)22-12-15-6-3-4-9-20(15)33-22/h3-13H,1-2H3,(H,25,28)(H,26,29). The van der Waals surface area contributed by atoms with Crippen LogP contribution in [0, 0.1) is 17.0 Å². The first kappa shape index (κ1) is 21.6. The van der Waals surface area contributed by atoms with Crippen molar-refractivity contribution < 1.29 is 23.7 Å². The minimum Gasteiger partial charge on any atom is -0.494 e. The zero-order chi connectivity index (χ0) is 23.5. The lowest BCUT2D eigenvalue weighted by molar-refractivity contribution is -0.385. The number of anilines is 2. The van der Waals surface area contributed by atoms with Crippen LogP contribution in [0.15, 0.2) is 71.1 Å². The van der Waals surface area contributed by atoms with Crippen molar-refractivity contribution in [2.24, 2.45) is 0 Å². The van der Waals surface area contributed by atoms with Gasteiger partial charge in [-0.15, -0.1) is 0 Å². The first-order valence-electron chi connectivity index (χ1n) is 9.90. The average molecular weight is 445 g/mol. The predicted octanol–water partition coefficient (Wildman–Crippen LogP) is 5.16. The largest absolute Gasteiger partial charge is 0.494 e. The van der Waals surface area contributed by atoms with Crippen LogP contribution in [0.2, 0.25) is 0 Å². The molecule has 0 radical (unpaired) electrons. The number of rotatable bonds is 6. The average Bonchev–Trinajstić information content (AvgIpc) is 3.24. The van der Waals surface area contributed by atoms with Gasteiger partial charge in [-0.1, -0.05) is 24.3 Å². The molecule has 33 heavy (non-hydrogen) atoms. The van der Waals surface area contributed by atoms with Crippen LogP contribution < -0.4 is 15.4 Å². The summed E-state index contributed by atoms with van der Waals surface area (Å²) in [5.41, 5.74) is 1.69. The molecule has 0 spiro atoms. The monoisotopic (exact) mass is 445 g/mol. The molecule has 1 aromatic heterocycles. The summed E-state index contributed by atoms with van der Waals surface area (Å²) in [5, 5.41) is 17.4. The molecular formula is C24H19N3O6. The van der Waals surface area contributed by atoms with E-state index in [-0.39, 0.29) is 22.6 Å².